The van der Waals surface area contributed by atoms with E-state index in [1.165, 1.54) is 68.7 Å². The first-order chi connectivity index (χ1) is 48.7. The Balaban J connectivity index is 0.950. The third kappa shape index (κ3) is 18.9. The summed E-state index contributed by atoms with van der Waals surface area (Å²) in [5, 5.41) is 13.5. The van der Waals surface area contributed by atoms with Gasteiger partial charge in [0.25, 0.3) is 11.8 Å². The molecule has 544 valence electrons. The molecular weight excluding hydrogens is 1320 g/mol. The smallest absolute Gasteiger partial charge is 0.414 e. The van der Waals surface area contributed by atoms with Crippen LogP contribution in [0.1, 0.15) is 126 Å². The highest BCUT2D eigenvalue weighted by Crippen LogP contribution is 2.43. The Bertz CT molecular complexity index is 3950. The van der Waals surface area contributed by atoms with E-state index in [0.717, 1.165) is 11.1 Å². The van der Waals surface area contributed by atoms with E-state index in [1.54, 1.807) is 77.4 Å². The van der Waals surface area contributed by atoms with Crippen molar-refractivity contribution in [1.29, 1.82) is 0 Å². The Labute approximate surface area is 592 Å². The molecule has 8 aliphatic heterocycles. The molecule has 28 nitrogen and oxygen atoms in total. The maximum absolute atomic E-state index is 14.6. The molecule has 28 heteroatoms. The summed E-state index contributed by atoms with van der Waals surface area (Å²) < 4.78 is 36.1. The topological polar surface area (TPSA) is 337 Å². The van der Waals surface area contributed by atoms with Crippen molar-refractivity contribution in [2.24, 2.45) is 11.8 Å². The lowest BCUT2D eigenvalue weighted by atomic mass is 10.0. The predicted octanol–water partition coefficient (Wildman–Crippen LogP) is 7.06. The Morgan fingerprint density at radius 3 is 1.61 bits per heavy atom. The molecule has 5 N–H and O–H groups in total. The molecule has 7 atom stereocenters. The summed E-state index contributed by atoms with van der Waals surface area (Å²) in [6, 6.07) is 15.3. The van der Waals surface area contributed by atoms with E-state index in [1.807, 2.05) is 32.9 Å². The number of hydrogen-bond acceptors (Lipinski definition) is 19. The largest absolute Gasteiger partial charge is 0.493 e. The van der Waals surface area contributed by atoms with Crippen LogP contribution in [-0.2, 0) is 61.0 Å². The van der Waals surface area contributed by atoms with E-state index in [9.17, 15) is 57.5 Å². The van der Waals surface area contributed by atoms with Gasteiger partial charge in [0.1, 0.15) is 42.6 Å². The van der Waals surface area contributed by atoms with Crippen molar-refractivity contribution in [3.05, 3.63) is 118 Å². The lowest BCUT2D eigenvalue weighted by molar-refractivity contribution is -0.133. The van der Waals surface area contributed by atoms with Crippen molar-refractivity contribution < 1.29 is 86.0 Å². The van der Waals surface area contributed by atoms with Gasteiger partial charge in [-0.15, -0.1) is 0 Å². The highest BCUT2D eigenvalue weighted by Gasteiger charge is 2.44. The van der Waals surface area contributed by atoms with Crippen LogP contribution in [0.15, 0.2) is 96.1 Å². The summed E-state index contributed by atoms with van der Waals surface area (Å²) in [6.45, 7) is 12.6. The molecule has 102 heavy (non-hydrogen) atoms. The van der Waals surface area contributed by atoms with Gasteiger partial charge in [-0.1, -0.05) is 68.3 Å². The van der Waals surface area contributed by atoms with Gasteiger partial charge in [0.2, 0.25) is 29.5 Å². The molecule has 9 amide bonds. The first-order valence-corrected chi connectivity index (χ1v) is 34.2. The molecule has 8 aliphatic rings. The number of methoxy groups -OCH3 is 2. The molecule has 0 fully saturated rings. The molecule has 0 saturated heterocycles. The number of Topliss-reactive ketones (excluding diaryl/α,β-unsaturated/α-hetero) is 3. The average molecular weight is 1410 g/mol. The van der Waals surface area contributed by atoms with Crippen molar-refractivity contribution in [3.8, 4) is 23.0 Å². The molecule has 0 aliphatic carbocycles. The number of rotatable bonds is 9. The fourth-order valence-electron chi connectivity index (χ4n) is 12.6. The highest BCUT2D eigenvalue weighted by atomic mass is 16.6. The number of nitrogens with zero attached hydrogens (tertiary/aromatic N) is 5. The molecular formula is C74H90N10O18. The second kappa shape index (κ2) is 34.1. The zero-order valence-electron chi connectivity index (χ0n) is 59.2. The molecule has 0 saturated carbocycles. The van der Waals surface area contributed by atoms with Crippen molar-refractivity contribution in [1.82, 2.24) is 30.7 Å². The molecule has 1 unspecified atom stereocenters. The van der Waals surface area contributed by atoms with Crippen molar-refractivity contribution >= 4 is 93.6 Å². The quantitative estimate of drug-likeness (QED) is 0.0826. The van der Waals surface area contributed by atoms with Crippen LogP contribution in [0.25, 0.3) is 0 Å². The normalized spacial score (nSPS) is 22.7. The average Bonchev–Trinajstić information content (AvgIpc) is 1.59. The van der Waals surface area contributed by atoms with Crippen LogP contribution >= 0.6 is 0 Å². The molecule has 4 aromatic rings. The predicted molar refractivity (Wildman–Crippen MR) is 375 cm³/mol. The highest BCUT2D eigenvalue weighted by molar-refractivity contribution is 6.08. The maximum atomic E-state index is 14.6. The minimum atomic E-state index is -1.08. The lowest BCUT2D eigenvalue weighted by Gasteiger charge is -2.32. The summed E-state index contributed by atoms with van der Waals surface area (Å²) >= 11 is 0. The van der Waals surface area contributed by atoms with Crippen molar-refractivity contribution in [3.63, 3.8) is 0 Å². The van der Waals surface area contributed by atoms with Crippen LogP contribution in [0.2, 0.25) is 0 Å². The number of nitrogens with one attached hydrogen (secondary N) is 5. The van der Waals surface area contributed by atoms with E-state index in [4.69, 9.17) is 28.4 Å². The summed E-state index contributed by atoms with van der Waals surface area (Å²) in [5.74, 6) is -5.65. The fraction of sp³-hybridized carbons (Fsp3) is 0.459. The number of carbonyl (C=O) groups is 12. The summed E-state index contributed by atoms with van der Waals surface area (Å²) in [4.78, 5) is 172. The van der Waals surface area contributed by atoms with Gasteiger partial charge >= 0.3 is 12.2 Å². The Morgan fingerprint density at radius 1 is 0.588 bits per heavy atom. The first-order valence-electron chi connectivity index (χ1n) is 34.2. The van der Waals surface area contributed by atoms with E-state index in [-0.39, 0.29) is 128 Å². The van der Waals surface area contributed by atoms with Crippen LogP contribution in [0.5, 0.6) is 23.0 Å². The molecule has 0 aromatic heterocycles. The zero-order valence-corrected chi connectivity index (χ0v) is 59.2. The lowest BCUT2D eigenvalue weighted by Crippen LogP contribution is -2.49. The van der Waals surface area contributed by atoms with Gasteiger partial charge in [0.05, 0.1) is 94.2 Å². The molecule has 8 heterocycles. The third-order valence-corrected chi connectivity index (χ3v) is 18.3. The van der Waals surface area contributed by atoms with Crippen LogP contribution < -0.4 is 55.3 Å². The van der Waals surface area contributed by atoms with E-state index in [0.29, 0.717) is 48.4 Å². The van der Waals surface area contributed by atoms with Crippen LogP contribution in [0, 0.1) is 11.8 Å². The fourth-order valence-corrected chi connectivity index (χ4v) is 12.6. The summed E-state index contributed by atoms with van der Waals surface area (Å²) in [7, 11) is 2.87. The van der Waals surface area contributed by atoms with Gasteiger partial charge in [-0.25, -0.2) is 9.59 Å². The van der Waals surface area contributed by atoms with Gasteiger partial charge in [0.15, 0.2) is 23.0 Å². The number of amides is 9. The second-order valence-corrected chi connectivity index (χ2v) is 26.5. The van der Waals surface area contributed by atoms with E-state index < -0.39 is 115 Å². The Kier molecular flexibility index (Phi) is 25.3. The van der Waals surface area contributed by atoms with Crippen LogP contribution in [0.3, 0.4) is 0 Å². The summed E-state index contributed by atoms with van der Waals surface area (Å²) in [6.07, 6.45) is 2.93. The van der Waals surface area contributed by atoms with Crippen molar-refractivity contribution in [2.45, 2.75) is 137 Å². The number of hydrogen-bond donors (Lipinski definition) is 5. The van der Waals surface area contributed by atoms with Crippen LogP contribution in [-0.4, -0.2) is 189 Å². The monoisotopic (exact) mass is 1410 g/mol. The number of benzene rings is 4. The molecule has 4 aromatic carbocycles. The maximum Gasteiger partial charge on any atom is 0.414 e. The minimum Gasteiger partial charge on any atom is -0.493 e. The number of ketones is 3. The molecule has 8 bridgehead atoms. The molecule has 0 spiro atoms. The molecule has 12 rings (SSSR count). The van der Waals surface area contributed by atoms with E-state index in [2.05, 4.69) is 26.6 Å². The molecule has 0 radical (unpaired) electrons. The SMILES string of the molecule is CCC(=O)CCCNC(=O)CN1CC(=O)C[C@@H](C)C(=O)N[C@@H](C)C(=O)Nc2ccc(cc2)COC(=O)N2C[C@@H]3C=C(C)CN3C(=O)c3cc(OC)c(cc32)OCCCOc2cc3c(cc2OC)C(=O)N2CC(C)=C[C@H]2C(C)N3C(=O)OCc2ccc(cc2)NC(=O)[C@H](C)NC(=O)[C@H](C)CC(=O)C1. The van der Waals surface area contributed by atoms with Crippen LogP contribution in [0.4, 0.5) is 32.3 Å². The van der Waals surface area contributed by atoms with Gasteiger partial charge in [-0.2, -0.15) is 0 Å². The first kappa shape index (κ1) is 75.6. The zero-order chi connectivity index (χ0) is 73.6. The second-order valence-electron chi connectivity index (χ2n) is 26.5. The number of fused-ring (bicyclic) bond motifs is 2. The standard InChI is InChI=1S/C74H90N10O18/c1-11-54(85)14-12-23-75-66(88)39-80-37-55(86)28-44(4)67(89)76-46(6)69(91)78-51-19-15-49(16-20-51)40-101-73(95)83-36-53-26-42(2)34-81(53)71(93)57-30-62(97-9)64(32-60(57)83)99-24-13-25-100-65-33-61-58(31-63(65)98-10)72(94)82-35-43(3)27-59(82)48(8)84(61)74(96)102-41-50-17-21-52(22-18-50)79-70(92)47(7)77-68(90)45(5)29-56(87)38-80/h15-22,26-27,30-33,44-48,53,59H,11-14,23-25,28-29,34-41H2,1-10H3,(H,75,88)(H,76,89)(H,77,90)(H,78,91)(H,79,92)/t44-,45-,46+,47+,48?,53+,59+/m1/s1. The van der Waals surface area contributed by atoms with Gasteiger partial charge in [0, 0.05) is 87.1 Å². The van der Waals surface area contributed by atoms with Crippen molar-refractivity contribution in [2.75, 3.05) is 93.7 Å². The number of anilines is 4. The minimum absolute atomic E-state index is 0.0235. The summed E-state index contributed by atoms with van der Waals surface area (Å²) in [5.41, 5.74) is 4.47. The number of carbonyl (C=O) groups excluding carboxylic acids is 12. The Hall–Kier alpha value is -10.6. The third-order valence-electron chi connectivity index (χ3n) is 18.3. The van der Waals surface area contributed by atoms with Gasteiger partial charge < -0.3 is 64.8 Å². The van der Waals surface area contributed by atoms with E-state index >= 15 is 0 Å². The van der Waals surface area contributed by atoms with Gasteiger partial charge in [-0.05, 0) is 88.6 Å². The Morgan fingerprint density at radius 2 is 1.08 bits per heavy atom. The number of ether oxygens (including phenoxy) is 6. The van der Waals surface area contributed by atoms with Gasteiger partial charge in [-0.3, -0.25) is 62.6 Å².